The Morgan fingerprint density at radius 1 is 1.06 bits per heavy atom. The molecule has 3 aromatic rings. The number of ether oxygens (including phenoxy) is 1. The van der Waals surface area contributed by atoms with E-state index in [-0.39, 0.29) is 11.7 Å². The minimum atomic E-state index is -0.558. The van der Waals surface area contributed by atoms with Gasteiger partial charge in [0.15, 0.2) is 5.82 Å². The van der Waals surface area contributed by atoms with Crippen LogP contribution in [0.4, 0.5) is 9.18 Å². The van der Waals surface area contributed by atoms with Crippen molar-refractivity contribution in [3.05, 3.63) is 66.4 Å². The third-order valence-corrected chi connectivity index (χ3v) is 4.22. The van der Waals surface area contributed by atoms with E-state index in [2.05, 4.69) is 15.7 Å². The average molecular weight is 427 g/mol. The normalized spacial score (nSPS) is 11.2. The summed E-state index contributed by atoms with van der Waals surface area (Å²) in [6.45, 7) is 6.11. The molecule has 0 aliphatic rings. The molecular weight excluding hydrogens is 401 g/mol. The molecule has 0 aliphatic heterocycles. The van der Waals surface area contributed by atoms with Gasteiger partial charge in [-0.2, -0.15) is 5.10 Å². The fourth-order valence-corrected chi connectivity index (χ4v) is 2.89. The molecule has 3 rings (SSSR count). The fourth-order valence-electron chi connectivity index (χ4n) is 2.89. The lowest BCUT2D eigenvalue weighted by Crippen LogP contribution is -2.34. The minimum Gasteiger partial charge on any atom is -0.444 e. The van der Waals surface area contributed by atoms with Crippen LogP contribution in [0, 0.1) is 5.82 Å². The first kappa shape index (κ1) is 22.1. The summed E-state index contributed by atoms with van der Waals surface area (Å²) in [6, 6.07) is 9.55. The number of amides is 2. The maximum absolute atomic E-state index is 13.3. The molecule has 0 saturated carbocycles. The van der Waals surface area contributed by atoms with Crippen molar-refractivity contribution in [2.75, 3.05) is 13.1 Å². The topological polar surface area (TPSA) is 90.2 Å². The summed E-state index contributed by atoms with van der Waals surface area (Å²) in [5.74, 6) is -0.105. The van der Waals surface area contributed by atoms with E-state index in [4.69, 9.17) is 4.74 Å². The average Bonchev–Trinajstić information content (AvgIpc) is 3.36. The van der Waals surface area contributed by atoms with Gasteiger partial charge in [-0.25, -0.2) is 13.9 Å². The van der Waals surface area contributed by atoms with Gasteiger partial charge in [0, 0.05) is 25.5 Å². The summed E-state index contributed by atoms with van der Waals surface area (Å²) in [6.07, 6.45) is 5.13. The predicted octanol–water partition coefficient (Wildman–Crippen LogP) is 3.45. The van der Waals surface area contributed by atoms with E-state index in [0.717, 1.165) is 0 Å². The maximum atomic E-state index is 13.3. The first-order valence-corrected chi connectivity index (χ1v) is 9.97. The van der Waals surface area contributed by atoms with E-state index in [0.29, 0.717) is 36.6 Å². The molecule has 2 amide bonds. The lowest BCUT2D eigenvalue weighted by atomic mass is 10.2. The second kappa shape index (κ2) is 9.46. The summed E-state index contributed by atoms with van der Waals surface area (Å²) in [5, 5.41) is 9.83. The molecule has 2 aromatic heterocycles. The van der Waals surface area contributed by atoms with Crippen LogP contribution in [0.15, 0.2) is 55.0 Å². The van der Waals surface area contributed by atoms with E-state index in [1.807, 2.05) is 12.1 Å². The lowest BCUT2D eigenvalue weighted by Gasteiger charge is -2.19. The van der Waals surface area contributed by atoms with E-state index >= 15 is 0 Å². The van der Waals surface area contributed by atoms with E-state index in [1.54, 1.807) is 54.5 Å². The fraction of sp³-hybridized carbons (Fsp3) is 0.318. The third-order valence-electron chi connectivity index (χ3n) is 4.22. The van der Waals surface area contributed by atoms with Gasteiger partial charge in [-0.3, -0.25) is 4.79 Å². The number of benzene rings is 1. The Hall–Kier alpha value is -3.62. The van der Waals surface area contributed by atoms with Crippen molar-refractivity contribution < 1.29 is 18.7 Å². The smallest absolute Gasteiger partial charge is 0.407 e. The maximum Gasteiger partial charge on any atom is 0.407 e. The molecule has 2 N–H and O–H groups in total. The molecule has 31 heavy (non-hydrogen) atoms. The number of nitrogens with zero attached hydrogens (tertiary/aromatic N) is 3. The van der Waals surface area contributed by atoms with Crippen LogP contribution in [0.25, 0.3) is 11.5 Å². The van der Waals surface area contributed by atoms with E-state index < -0.39 is 11.7 Å². The van der Waals surface area contributed by atoms with Crippen LogP contribution in [0.3, 0.4) is 0 Å². The van der Waals surface area contributed by atoms with Gasteiger partial charge in [0.25, 0.3) is 5.91 Å². The van der Waals surface area contributed by atoms with Crippen LogP contribution in [-0.2, 0) is 4.74 Å². The molecule has 0 spiro atoms. The second-order valence-corrected chi connectivity index (χ2v) is 7.90. The molecule has 164 valence electrons. The van der Waals surface area contributed by atoms with E-state index in [9.17, 15) is 14.0 Å². The number of hydrogen-bond donors (Lipinski definition) is 2. The van der Waals surface area contributed by atoms with Crippen LogP contribution >= 0.6 is 0 Å². The zero-order chi connectivity index (χ0) is 22.4. The molecule has 0 atom stereocenters. The van der Waals surface area contributed by atoms with Gasteiger partial charge in [-0.1, -0.05) is 0 Å². The molecule has 0 aliphatic carbocycles. The van der Waals surface area contributed by atoms with E-state index in [1.165, 1.54) is 18.3 Å². The van der Waals surface area contributed by atoms with Gasteiger partial charge in [0.1, 0.15) is 17.0 Å². The van der Waals surface area contributed by atoms with Gasteiger partial charge in [-0.15, -0.1) is 0 Å². The first-order valence-electron chi connectivity index (χ1n) is 9.97. The highest BCUT2D eigenvalue weighted by Crippen LogP contribution is 2.20. The summed E-state index contributed by atoms with van der Waals surface area (Å²) < 4.78 is 21.8. The summed E-state index contributed by atoms with van der Waals surface area (Å²) in [5.41, 5.74) is 0.448. The molecule has 1 aromatic carbocycles. The number of alkyl carbamates (subject to hydrolysis) is 1. The molecular formula is C22H26FN5O3. The van der Waals surface area contributed by atoms with Crippen molar-refractivity contribution in [1.82, 2.24) is 25.0 Å². The second-order valence-electron chi connectivity index (χ2n) is 7.90. The van der Waals surface area contributed by atoms with Crippen molar-refractivity contribution in [1.29, 1.82) is 0 Å². The molecule has 8 nitrogen and oxygen atoms in total. The van der Waals surface area contributed by atoms with Crippen LogP contribution in [0.1, 0.15) is 37.6 Å². The monoisotopic (exact) mass is 427 g/mol. The zero-order valence-corrected chi connectivity index (χ0v) is 17.8. The number of carbonyl (C=O) groups is 2. The number of nitrogens with one attached hydrogen (secondary N) is 2. The Morgan fingerprint density at radius 2 is 1.71 bits per heavy atom. The van der Waals surface area contributed by atoms with Crippen LogP contribution in [-0.4, -0.2) is 45.0 Å². The highest BCUT2D eigenvalue weighted by atomic mass is 19.1. The lowest BCUT2D eigenvalue weighted by molar-refractivity contribution is 0.0527. The number of rotatable bonds is 7. The largest absolute Gasteiger partial charge is 0.444 e. The molecule has 0 saturated heterocycles. The number of aromatic nitrogens is 3. The molecule has 0 fully saturated rings. The molecule has 0 radical (unpaired) electrons. The van der Waals surface area contributed by atoms with Gasteiger partial charge in [-0.05, 0) is 63.6 Å². The Labute approximate surface area is 180 Å². The number of halogens is 1. The van der Waals surface area contributed by atoms with Gasteiger partial charge < -0.3 is 19.9 Å². The zero-order valence-electron chi connectivity index (χ0n) is 17.8. The van der Waals surface area contributed by atoms with Gasteiger partial charge in [0.2, 0.25) is 0 Å². The summed E-state index contributed by atoms with van der Waals surface area (Å²) in [4.78, 5) is 24.4. The molecule has 0 unspecified atom stereocenters. The highest BCUT2D eigenvalue weighted by Gasteiger charge is 2.20. The van der Waals surface area contributed by atoms with Gasteiger partial charge >= 0.3 is 6.09 Å². The Balaban J connectivity index is 1.65. The SMILES string of the molecule is CC(C)(C)OC(=O)NCCCNC(=O)c1cnn(-c2ccc(F)cc2)c1-n1cccc1. The van der Waals surface area contributed by atoms with Crippen molar-refractivity contribution in [2.45, 2.75) is 32.8 Å². The van der Waals surface area contributed by atoms with Crippen LogP contribution < -0.4 is 10.6 Å². The van der Waals surface area contributed by atoms with Gasteiger partial charge in [0.05, 0.1) is 11.9 Å². The van der Waals surface area contributed by atoms with Crippen molar-refractivity contribution in [3.63, 3.8) is 0 Å². The molecule has 9 heteroatoms. The first-order chi connectivity index (χ1) is 14.7. The number of carbonyl (C=O) groups excluding carboxylic acids is 2. The molecule has 2 heterocycles. The molecule has 0 bridgehead atoms. The highest BCUT2D eigenvalue weighted by molar-refractivity contribution is 5.97. The predicted molar refractivity (Wildman–Crippen MR) is 114 cm³/mol. The Kier molecular flexibility index (Phi) is 6.74. The Bertz CT molecular complexity index is 1020. The standard InChI is InChI=1S/C22H26FN5O3/c1-22(2,3)31-21(30)25-12-6-11-24-19(29)18-15-26-28(17-9-7-16(23)8-10-17)20(18)27-13-4-5-14-27/h4-5,7-10,13-15H,6,11-12H2,1-3H3,(H,24,29)(H,25,30). The van der Waals surface area contributed by atoms with Crippen molar-refractivity contribution in [2.24, 2.45) is 0 Å². The van der Waals surface area contributed by atoms with Crippen LogP contribution in [0.2, 0.25) is 0 Å². The van der Waals surface area contributed by atoms with Crippen molar-refractivity contribution in [3.8, 4) is 11.5 Å². The minimum absolute atomic E-state index is 0.297. The number of hydrogen-bond acceptors (Lipinski definition) is 4. The summed E-state index contributed by atoms with van der Waals surface area (Å²) in [7, 11) is 0. The Morgan fingerprint density at radius 3 is 2.35 bits per heavy atom. The summed E-state index contributed by atoms with van der Waals surface area (Å²) >= 11 is 0. The van der Waals surface area contributed by atoms with Crippen molar-refractivity contribution >= 4 is 12.0 Å². The van der Waals surface area contributed by atoms with Crippen LogP contribution in [0.5, 0.6) is 0 Å². The quantitative estimate of drug-likeness (QED) is 0.565. The third kappa shape index (κ3) is 5.94.